The summed E-state index contributed by atoms with van der Waals surface area (Å²) in [6, 6.07) is 1.04. The van der Waals surface area contributed by atoms with Gasteiger partial charge in [0, 0.05) is 0 Å². The van der Waals surface area contributed by atoms with E-state index in [0.717, 1.165) is 4.47 Å². The molecule has 13 heavy (non-hydrogen) atoms. The molecular weight excluding hydrogens is 306 g/mol. The number of hydrogen-bond acceptors (Lipinski definition) is 3. The van der Waals surface area contributed by atoms with Crippen molar-refractivity contribution in [2.24, 2.45) is 5.73 Å². The number of furan rings is 1. The van der Waals surface area contributed by atoms with E-state index in [9.17, 15) is 4.79 Å². The molecule has 1 atom stereocenters. The highest BCUT2D eigenvalue weighted by atomic mass is 79.9. The molecule has 1 aromatic rings. The van der Waals surface area contributed by atoms with Gasteiger partial charge in [-0.3, -0.25) is 4.79 Å². The Balaban J connectivity index is 2.77. The lowest BCUT2D eigenvalue weighted by atomic mass is 10.2. The van der Waals surface area contributed by atoms with Crippen molar-refractivity contribution >= 4 is 37.8 Å². The molecule has 1 heterocycles. The van der Waals surface area contributed by atoms with Gasteiger partial charge in [-0.05, 0) is 37.9 Å². The van der Waals surface area contributed by atoms with E-state index in [1.165, 1.54) is 0 Å². The number of carboxylic acids is 1. The fourth-order valence-corrected chi connectivity index (χ4v) is 1.44. The number of carbonyl (C=O) groups is 1. The minimum atomic E-state index is -0.948. The van der Waals surface area contributed by atoms with E-state index in [4.69, 9.17) is 15.3 Å². The van der Waals surface area contributed by atoms with E-state index in [0.29, 0.717) is 10.4 Å². The third-order valence-corrected chi connectivity index (χ3v) is 3.13. The summed E-state index contributed by atoms with van der Waals surface area (Å²) in [5.74, 6) is -0.503. The lowest BCUT2D eigenvalue weighted by Gasteiger charge is -2.03. The number of halogens is 2. The number of aliphatic carboxylic acids is 1. The predicted octanol–water partition coefficient (Wildman–Crippen LogP) is 2.28. The Labute approximate surface area is 91.4 Å². The van der Waals surface area contributed by atoms with Gasteiger partial charge in [0.2, 0.25) is 0 Å². The van der Waals surface area contributed by atoms with Gasteiger partial charge >= 0.3 is 5.97 Å². The second-order valence-corrected chi connectivity index (χ2v) is 4.05. The van der Waals surface area contributed by atoms with E-state index in [-0.39, 0.29) is 6.42 Å². The molecule has 0 aliphatic carbocycles. The van der Waals surface area contributed by atoms with Gasteiger partial charge in [0.1, 0.15) is 5.76 Å². The zero-order valence-electron chi connectivity index (χ0n) is 6.46. The van der Waals surface area contributed by atoms with Crippen LogP contribution in [-0.4, -0.2) is 11.1 Å². The highest BCUT2D eigenvalue weighted by molar-refractivity contribution is 9.13. The minimum Gasteiger partial charge on any atom is -0.481 e. The van der Waals surface area contributed by atoms with Crippen molar-refractivity contribution in [3.05, 3.63) is 21.0 Å². The molecule has 0 spiro atoms. The van der Waals surface area contributed by atoms with Crippen LogP contribution in [0.5, 0.6) is 0 Å². The molecule has 0 aromatic carbocycles. The molecule has 3 N–H and O–H groups in total. The third kappa shape index (κ3) is 2.82. The summed E-state index contributed by atoms with van der Waals surface area (Å²) in [4.78, 5) is 10.3. The summed E-state index contributed by atoms with van der Waals surface area (Å²) in [6.07, 6.45) is -0.146. The molecule has 0 aliphatic rings. The first kappa shape index (κ1) is 10.7. The van der Waals surface area contributed by atoms with Crippen LogP contribution in [0.1, 0.15) is 18.2 Å². The summed E-state index contributed by atoms with van der Waals surface area (Å²) in [5.41, 5.74) is 5.56. The van der Waals surface area contributed by atoms with Gasteiger partial charge in [0.05, 0.1) is 16.9 Å². The van der Waals surface area contributed by atoms with Crippen LogP contribution in [-0.2, 0) is 4.79 Å². The summed E-state index contributed by atoms with van der Waals surface area (Å²) in [7, 11) is 0. The van der Waals surface area contributed by atoms with Gasteiger partial charge in [-0.1, -0.05) is 0 Å². The van der Waals surface area contributed by atoms with E-state index in [1.54, 1.807) is 6.07 Å². The minimum absolute atomic E-state index is 0.146. The number of rotatable bonds is 3. The highest BCUT2D eigenvalue weighted by Gasteiger charge is 2.16. The van der Waals surface area contributed by atoms with Crippen molar-refractivity contribution in [1.82, 2.24) is 0 Å². The normalized spacial score (nSPS) is 12.8. The maximum absolute atomic E-state index is 10.3. The van der Waals surface area contributed by atoms with Crippen LogP contribution in [0, 0.1) is 0 Å². The van der Waals surface area contributed by atoms with Crippen molar-refractivity contribution in [2.45, 2.75) is 12.5 Å². The Morgan fingerprint density at radius 1 is 1.69 bits per heavy atom. The molecule has 0 fully saturated rings. The molecule has 72 valence electrons. The first-order valence-corrected chi connectivity index (χ1v) is 5.01. The highest BCUT2D eigenvalue weighted by Crippen LogP contribution is 2.29. The van der Waals surface area contributed by atoms with E-state index in [2.05, 4.69) is 31.9 Å². The lowest BCUT2D eigenvalue weighted by Crippen LogP contribution is -2.14. The van der Waals surface area contributed by atoms with Crippen LogP contribution in [0.3, 0.4) is 0 Å². The average molecular weight is 313 g/mol. The van der Waals surface area contributed by atoms with Crippen LogP contribution >= 0.6 is 31.9 Å². The Kier molecular flexibility index (Phi) is 3.52. The van der Waals surface area contributed by atoms with Gasteiger partial charge < -0.3 is 15.3 Å². The molecular formula is C7H7Br2NO3. The van der Waals surface area contributed by atoms with Crippen molar-refractivity contribution in [3.63, 3.8) is 0 Å². The molecule has 0 unspecified atom stereocenters. The second-order valence-electron chi connectivity index (χ2n) is 2.47. The summed E-state index contributed by atoms with van der Waals surface area (Å²) < 4.78 is 6.40. The lowest BCUT2D eigenvalue weighted by molar-refractivity contribution is -0.137. The Hall–Kier alpha value is -0.330. The largest absolute Gasteiger partial charge is 0.481 e. The average Bonchev–Trinajstić information content (AvgIpc) is 2.31. The topological polar surface area (TPSA) is 76.5 Å². The number of nitrogens with two attached hydrogens (primary N) is 1. The van der Waals surface area contributed by atoms with Gasteiger partial charge in [-0.25, -0.2) is 0 Å². The molecule has 1 aromatic heterocycles. The molecule has 0 saturated heterocycles. The molecule has 0 amide bonds. The Morgan fingerprint density at radius 2 is 2.31 bits per heavy atom. The molecule has 0 aliphatic heterocycles. The molecule has 0 bridgehead atoms. The third-order valence-electron chi connectivity index (χ3n) is 1.42. The predicted molar refractivity (Wildman–Crippen MR) is 53.3 cm³/mol. The Bertz CT molecular complexity index is 304. The quantitative estimate of drug-likeness (QED) is 0.897. The fourth-order valence-electron chi connectivity index (χ4n) is 0.835. The zero-order chi connectivity index (χ0) is 10.0. The number of hydrogen-bond donors (Lipinski definition) is 2. The van der Waals surface area contributed by atoms with E-state index < -0.39 is 12.0 Å². The summed E-state index contributed by atoms with van der Waals surface area (Å²) in [5, 5.41) is 8.48. The molecule has 0 saturated carbocycles. The van der Waals surface area contributed by atoms with Crippen molar-refractivity contribution in [2.75, 3.05) is 0 Å². The molecule has 4 nitrogen and oxygen atoms in total. The van der Waals surface area contributed by atoms with Crippen molar-refractivity contribution in [3.8, 4) is 0 Å². The van der Waals surface area contributed by atoms with Gasteiger partial charge in [-0.2, -0.15) is 0 Å². The van der Waals surface area contributed by atoms with E-state index in [1.807, 2.05) is 0 Å². The SMILES string of the molecule is N[C@@H](CC(=O)O)c1cc(Br)c(Br)o1. The van der Waals surface area contributed by atoms with Crippen LogP contribution in [0.4, 0.5) is 0 Å². The second kappa shape index (κ2) is 4.26. The number of carboxylic acid groups (broad SMARTS) is 1. The standard InChI is InChI=1S/C7H7Br2NO3/c8-3-1-5(13-7(3)9)4(10)2-6(11)12/h1,4H,2,10H2,(H,11,12)/t4-/m0/s1. The van der Waals surface area contributed by atoms with Crippen LogP contribution < -0.4 is 5.73 Å². The van der Waals surface area contributed by atoms with Crippen LogP contribution in [0.15, 0.2) is 19.6 Å². The first-order valence-electron chi connectivity index (χ1n) is 3.43. The molecule has 0 radical (unpaired) electrons. The molecule has 1 rings (SSSR count). The maximum atomic E-state index is 10.3. The van der Waals surface area contributed by atoms with E-state index >= 15 is 0 Å². The smallest absolute Gasteiger partial charge is 0.305 e. The zero-order valence-corrected chi connectivity index (χ0v) is 9.63. The maximum Gasteiger partial charge on any atom is 0.305 e. The van der Waals surface area contributed by atoms with Crippen LogP contribution in [0.2, 0.25) is 0 Å². The summed E-state index contributed by atoms with van der Waals surface area (Å²) in [6.45, 7) is 0. The van der Waals surface area contributed by atoms with Gasteiger partial charge in [-0.15, -0.1) is 0 Å². The molecule has 6 heteroatoms. The van der Waals surface area contributed by atoms with Gasteiger partial charge in [0.25, 0.3) is 0 Å². The van der Waals surface area contributed by atoms with Crippen molar-refractivity contribution < 1.29 is 14.3 Å². The first-order chi connectivity index (χ1) is 6.00. The van der Waals surface area contributed by atoms with Gasteiger partial charge in [0.15, 0.2) is 4.67 Å². The monoisotopic (exact) mass is 311 g/mol. The van der Waals surface area contributed by atoms with Crippen LogP contribution in [0.25, 0.3) is 0 Å². The Morgan fingerprint density at radius 3 is 2.69 bits per heavy atom. The fraction of sp³-hybridized carbons (Fsp3) is 0.286. The van der Waals surface area contributed by atoms with Crippen molar-refractivity contribution in [1.29, 1.82) is 0 Å². The summed E-state index contributed by atoms with van der Waals surface area (Å²) >= 11 is 6.34.